The van der Waals surface area contributed by atoms with Gasteiger partial charge in [0.25, 0.3) is 10.2 Å². The summed E-state index contributed by atoms with van der Waals surface area (Å²) in [5.74, 6) is 1.05. The normalized spacial score (nSPS) is 19.5. The maximum absolute atomic E-state index is 11.0. The molecule has 0 amide bonds. The third-order valence-electron chi connectivity index (χ3n) is 3.85. The third-order valence-corrected chi connectivity index (χ3v) is 4.42. The van der Waals surface area contributed by atoms with Crippen molar-refractivity contribution in [3.63, 3.8) is 0 Å². The number of fused-ring (bicyclic) bond motifs is 1. The Morgan fingerprint density at radius 3 is 2.86 bits per heavy atom. The van der Waals surface area contributed by atoms with E-state index in [1.54, 1.807) is 6.20 Å². The molecular formula is C14H19N5O2S. The topological polar surface area (TPSA) is 101 Å². The second-order valence-electron chi connectivity index (χ2n) is 5.56. The molecular weight excluding hydrogens is 302 g/mol. The van der Waals surface area contributed by atoms with Gasteiger partial charge < -0.3 is 4.90 Å². The van der Waals surface area contributed by atoms with Crippen molar-refractivity contribution in [3.05, 3.63) is 30.5 Å². The Bertz CT molecular complexity index is 765. The van der Waals surface area contributed by atoms with Crippen molar-refractivity contribution in [2.75, 3.05) is 24.5 Å². The number of rotatable bonds is 4. The van der Waals surface area contributed by atoms with Gasteiger partial charge in [-0.1, -0.05) is 12.1 Å². The first-order valence-corrected chi connectivity index (χ1v) is 8.80. The molecule has 22 heavy (non-hydrogen) atoms. The van der Waals surface area contributed by atoms with Crippen LogP contribution in [0.4, 0.5) is 5.82 Å². The summed E-state index contributed by atoms with van der Waals surface area (Å²) in [6.45, 7) is 2.00. The van der Waals surface area contributed by atoms with E-state index >= 15 is 0 Å². The molecule has 7 nitrogen and oxygen atoms in total. The summed E-state index contributed by atoms with van der Waals surface area (Å²) in [6.07, 6.45) is 3.74. The fraction of sp³-hybridized carbons (Fsp3) is 0.429. The zero-order valence-electron chi connectivity index (χ0n) is 12.1. The van der Waals surface area contributed by atoms with Gasteiger partial charge in [0.15, 0.2) is 0 Å². The highest BCUT2D eigenvalue weighted by Crippen LogP contribution is 2.22. The molecule has 1 aliphatic rings. The minimum absolute atomic E-state index is 0.223. The molecule has 2 heterocycles. The molecule has 1 saturated heterocycles. The third kappa shape index (κ3) is 3.70. The second-order valence-corrected chi connectivity index (χ2v) is 6.94. The largest absolute Gasteiger partial charge is 0.355 e. The van der Waals surface area contributed by atoms with Crippen LogP contribution in [0.15, 0.2) is 30.5 Å². The monoisotopic (exact) mass is 321 g/mol. The molecule has 0 saturated carbocycles. The van der Waals surface area contributed by atoms with Gasteiger partial charge in [-0.3, -0.25) is 4.98 Å². The lowest BCUT2D eigenvalue weighted by atomic mass is 9.98. The Kier molecular flexibility index (Phi) is 4.23. The summed E-state index contributed by atoms with van der Waals surface area (Å²) in [5, 5.41) is 4.99. The van der Waals surface area contributed by atoms with Crippen molar-refractivity contribution in [1.82, 2.24) is 14.7 Å². The first-order valence-electron chi connectivity index (χ1n) is 7.25. The number of hydrogen-bond acceptors (Lipinski definition) is 5. The van der Waals surface area contributed by atoms with Gasteiger partial charge in [0.1, 0.15) is 5.82 Å². The first kappa shape index (κ1) is 15.1. The molecule has 3 rings (SSSR count). The van der Waals surface area contributed by atoms with Crippen LogP contribution in [0, 0.1) is 5.92 Å². The molecule has 0 spiro atoms. The molecule has 0 aliphatic carbocycles. The van der Waals surface area contributed by atoms with Gasteiger partial charge in [-0.05, 0) is 30.9 Å². The van der Waals surface area contributed by atoms with Crippen LogP contribution in [0.5, 0.6) is 0 Å². The number of piperidine rings is 1. The average Bonchev–Trinajstić information content (AvgIpc) is 2.52. The van der Waals surface area contributed by atoms with E-state index in [0.29, 0.717) is 6.54 Å². The summed E-state index contributed by atoms with van der Waals surface area (Å²) in [5.41, 5.74) is 1.74. The standard InChI is InChI=1S/C14H19N5O2S/c15-22(20,21)17-8-11-4-3-7-19(10-11)14-9-16-12-5-1-2-6-13(12)18-14/h1-2,5-6,9,11,17H,3-4,7-8,10H2,(H2,15,20,21)/t11-/m1/s1. The van der Waals surface area contributed by atoms with E-state index in [0.717, 1.165) is 42.8 Å². The quantitative estimate of drug-likeness (QED) is 0.860. The number of hydrogen-bond donors (Lipinski definition) is 2. The van der Waals surface area contributed by atoms with Gasteiger partial charge in [-0.25, -0.2) is 14.8 Å². The van der Waals surface area contributed by atoms with Crippen molar-refractivity contribution in [2.24, 2.45) is 11.1 Å². The number of anilines is 1. The van der Waals surface area contributed by atoms with Gasteiger partial charge >= 0.3 is 0 Å². The van der Waals surface area contributed by atoms with Crippen molar-refractivity contribution in [1.29, 1.82) is 0 Å². The van der Waals surface area contributed by atoms with Crippen LogP contribution >= 0.6 is 0 Å². The molecule has 2 aromatic rings. The molecule has 0 radical (unpaired) electrons. The first-order chi connectivity index (χ1) is 10.5. The van der Waals surface area contributed by atoms with E-state index in [2.05, 4.69) is 19.6 Å². The fourth-order valence-electron chi connectivity index (χ4n) is 2.77. The smallest absolute Gasteiger partial charge is 0.274 e. The van der Waals surface area contributed by atoms with Gasteiger partial charge in [0, 0.05) is 19.6 Å². The van der Waals surface area contributed by atoms with E-state index in [4.69, 9.17) is 5.14 Å². The van der Waals surface area contributed by atoms with Gasteiger partial charge in [0.2, 0.25) is 0 Å². The molecule has 3 N–H and O–H groups in total. The predicted molar refractivity (Wildman–Crippen MR) is 85.6 cm³/mol. The van der Waals surface area contributed by atoms with Crippen LogP contribution in [0.1, 0.15) is 12.8 Å². The van der Waals surface area contributed by atoms with Crippen molar-refractivity contribution >= 4 is 27.1 Å². The van der Waals surface area contributed by atoms with Crippen molar-refractivity contribution in [2.45, 2.75) is 12.8 Å². The number of aromatic nitrogens is 2. The maximum atomic E-state index is 11.0. The summed E-state index contributed by atoms with van der Waals surface area (Å²) in [6, 6.07) is 7.75. The van der Waals surface area contributed by atoms with Crippen molar-refractivity contribution < 1.29 is 8.42 Å². The fourth-order valence-corrected chi connectivity index (χ4v) is 3.24. The highest BCUT2D eigenvalue weighted by Gasteiger charge is 2.22. The SMILES string of the molecule is NS(=O)(=O)NC[C@H]1CCCN(c2cnc3ccccc3n2)C1. The van der Waals surface area contributed by atoms with Crippen LogP contribution < -0.4 is 14.8 Å². The van der Waals surface area contributed by atoms with Crippen LogP contribution in [0.2, 0.25) is 0 Å². The summed E-state index contributed by atoms with van der Waals surface area (Å²) < 4.78 is 24.4. The zero-order valence-corrected chi connectivity index (χ0v) is 13.0. The Morgan fingerprint density at radius 1 is 1.32 bits per heavy atom. The molecule has 1 aliphatic heterocycles. The van der Waals surface area contributed by atoms with Gasteiger partial charge in [-0.2, -0.15) is 8.42 Å². The Hall–Kier alpha value is -1.77. The lowest BCUT2D eigenvalue weighted by molar-refractivity contribution is 0.409. The molecule has 118 valence electrons. The summed E-state index contributed by atoms with van der Waals surface area (Å²) >= 11 is 0. The molecule has 1 fully saturated rings. The molecule has 0 unspecified atom stereocenters. The number of nitrogens with one attached hydrogen (secondary N) is 1. The number of nitrogens with zero attached hydrogens (tertiary/aromatic N) is 3. The van der Waals surface area contributed by atoms with E-state index < -0.39 is 10.2 Å². The molecule has 1 aromatic heterocycles. The van der Waals surface area contributed by atoms with Crippen LogP contribution in [-0.4, -0.2) is 38.0 Å². The minimum atomic E-state index is -3.63. The molecule has 0 bridgehead atoms. The van der Waals surface area contributed by atoms with E-state index in [9.17, 15) is 8.42 Å². The maximum Gasteiger partial charge on any atom is 0.274 e. The lowest BCUT2D eigenvalue weighted by Crippen LogP contribution is -2.42. The van der Waals surface area contributed by atoms with E-state index in [-0.39, 0.29) is 5.92 Å². The van der Waals surface area contributed by atoms with E-state index in [1.165, 1.54) is 0 Å². The van der Waals surface area contributed by atoms with Gasteiger partial charge in [-0.15, -0.1) is 0 Å². The summed E-state index contributed by atoms with van der Waals surface area (Å²) in [4.78, 5) is 11.2. The molecule has 8 heteroatoms. The highest BCUT2D eigenvalue weighted by molar-refractivity contribution is 7.87. The van der Waals surface area contributed by atoms with Crippen LogP contribution in [0.3, 0.4) is 0 Å². The van der Waals surface area contributed by atoms with Crippen molar-refractivity contribution in [3.8, 4) is 0 Å². The molecule has 1 aromatic carbocycles. The number of benzene rings is 1. The number of para-hydroxylation sites is 2. The highest BCUT2D eigenvalue weighted by atomic mass is 32.2. The van der Waals surface area contributed by atoms with Gasteiger partial charge in [0.05, 0.1) is 17.2 Å². The Labute approximate surface area is 129 Å². The van der Waals surface area contributed by atoms with Crippen LogP contribution in [0.25, 0.3) is 11.0 Å². The molecule has 1 atom stereocenters. The minimum Gasteiger partial charge on any atom is -0.355 e. The lowest BCUT2D eigenvalue weighted by Gasteiger charge is -2.33. The predicted octanol–water partition coefficient (Wildman–Crippen LogP) is 0.639. The Morgan fingerprint density at radius 2 is 2.09 bits per heavy atom. The average molecular weight is 321 g/mol. The Balaban J connectivity index is 1.72. The summed E-state index contributed by atoms with van der Waals surface area (Å²) in [7, 11) is -3.63. The second kappa shape index (κ2) is 6.15. The number of nitrogens with two attached hydrogens (primary N) is 1. The zero-order chi connectivity index (χ0) is 15.6. The van der Waals surface area contributed by atoms with Crippen LogP contribution in [-0.2, 0) is 10.2 Å². The van der Waals surface area contributed by atoms with E-state index in [1.807, 2.05) is 24.3 Å².